The zero-order valence-corrected chi connectivity index (χ0v) is 16.4. The topological polar surface area (TPSA) is 62.6 Å². The molecule has 0 spiro atoms. The summed E-state index contributed by atoms with van der Waals surface area (Å²) in [4.78, 5) is 27.1. The van der Waals surface area contributed by atoms with Gasteiger partial charge in [-0.25, -0.2) is 0 Å². The normalized spacial score (nSPS) is 17.8. The smallest absolute Gasteiger partial charge is 0.289 e. The van der Waals surface area contributed by atoms with Crippen molar-refractivity contribution < 1.29 is 14.0 Å². The minimum absolute atomic E-state index is 0.0150. The van der Waals surface area contributed by atoms with Gasteiger partial charge in [0.1, 0.15) is 5.58 Å². The van der Waals surface area contributed by atoms with E-state index in [2.05, 4.69) is 5.32 Å². The minimum Gasteiger partial charge on any atom is -0.451 e. The molecule has 0 saturated carbocycles. The van der Waals surface area contributed by atoms with Crippen molar-refractivity contribution in [3.63, 3.8) is 0 Å². The molecule has 0 bridgehead atoms. The first kappa shape index (κ1) is 18.8. The number of nitrogens with one attached hydrogen (secondary N) is 1. The Bertz CT molecular complexity index is 856. The molecule has 1 aromatic heterocycles. The lowest BCUT2D eigenvalue weighted by Crippen LogP contribution is -2.46. The molecular weight excluding hydrogens is 352 g/mol. The third-order valence-electron chi connectivity index (χ3n) is 4.92. The molecule has 2 aromatic rings. The summed E-state index contributed by atoms with van der Waals surface area (Å²) in [6, 6.07) is 3.80. The maximum absolute atomic E-state index is 13.0. The van der Waals surface area contributed by atoms with Gasteiger partial charge in [-0.05, 0) is 58.2 Å². The zero-order valence-electron chi connectivity index (χ0n) is 15.7. The monoisotopic (exact) mass is 376 g/mol. The second-order valence-electron chi connectivity index (χ2n) is 7.41. The molecule has 1 fully saturated rings. The predicted octanol–water partition coefficient (Wildman–Crippen LogP) is 4.08. The van der Waals surface area contributed by atoms with Crippen LogP contribution >= 0.6 is 11.6 Å². The molecule has 1 saturated heterocycles. The molecule has 1 unspecified atom stereocenters. The van der Waals surface area contributed by atoms with E-state index in [1.807, 2.05) is 39.8 Å². The van der Waals surface area contributed by atoms with Crippen molar-refractivity contribution in [2.45, 2.75) is 46.6 Å². The van der Waals surface area contributed by atoms with E-state index in [1.54, 1.807) is 4.90 Å². The van der Waals surface area contributed by atoms with E-state index in [9.17, 15) is 9.59 Å². The number of furan rings is 1. The van der Waals surface area contributed by atoms with Crippen molar-refractivity contribution in [2.75, 3.05) is 13.1 Å². The molecule has 1 atom stereocenters. The lowest BCUT2D eigenvalue weighted by molar-refractivity contribution is -0.126. The van der Waals surface area contributed by atoms with Gasteiger partial charge in [-0.2, -0.15) is 0 Å². The third kappa shape index (κ3) is 3.58. The average molecular weight is 377 g/mol. The molecular formula is C20H25ClN2O3. The van der Waals surface area contributed by atoms with E-state index in [1.165, 1.54) is 0 Å². The fourth-order valence-electron chi connectivity index (χ4n) is 3.47. The maximum atomic E-state index is 13.0. The average Bonchev–Trinajstić information content (AvgIpc) is 2.90. The van der Waals surface area contributed by atoms with Crippen LogP contribution < -0.4 is 5.32 Å². The summed E-state index contributed by atoms with van der Waals surface area (Å²) in [5.74, 6) is 0.0267. The van der Waals surface area contributed by atoms with Gasteiger partial charge in [0, 0.05) is 35.1 Å². The highest BCUT2D eigenvalue weighted by atomic mass is 35.5. The van der Waals surface area contributed by atoms with Crippen LogP contribution in [0.2, 0.25) is 5.02 Å². The number of rotatable bonds is 3. The minimum atomic E-state index is -0.170. The van der Waals surface area contributed by atoms with Gasteiger partial charge in [0.2, 0.25) is 5.91 Å². The maximum Gasteiger partial charge on any atom is 0.289 e. The standard InChI is InChI=1S/C20H25ClN2O3/c1-11(2)22-19(24)14-6-5-7-23(10-14)20(25)18-13(4)15-9-16(21)12(3)8-17(15)26-18/h8-9,11,14H,5-7,10H2,1-4H3,(H,22,24). The first-order chi connectivity index (χ1) is 12.3. The summed E-state index contributed by atoms with van der Waals surface area (Å²) in [6.07, 6.45) is 1.61. The fraction of sp³-hybridized carbons (Fsp3) is 0.500. The van der Waals surface area contributed by atoms with Gasteiger partial charge < -0.3 is 14.6 Å². The van der Waals surface area contributed by atoms with Crippen LogP contribution in [0.25, 0.3) is 11.0 Å². The van der Waals surface area contributed by atoms with Crippen molar-refractivity contribution >= 4 is 34.4 Å². The summed E-state index contributed by atoms with van der Waals surface area (Å²) in [6.45, 7) is 8.72. The molecule has 1 aliphatic heterocycles. The Labute approximate surface area is 158 Å². The molecule has 26 heavy (non-hydrogen) atoms. The number of fused-ring (bicyclic) bond motifs is 1. The van der Waals surface area contributed by atoms with Crippen LogP contribution in [0.5, 0.6) is 0 Å². The fourth-order valence-corrected chi connectivity index (χ4v) is 3.63. The molecule has 2 heterocycles. The van der Waals surface area contributed by atoms with Crippen LogP contribution in [-0.2, 0) is 4.79 Å². The number of hydrogen-bond acceptors (Lipinski definition) is 3. The van der Waals surface area contributed by atoms with E-state index in [0.717, 1.165) is 29.4 Å². The Kier molecular flexibility index (Phi) is 5.28. The molecule has 3 rings (SSSR count). The Hall–Kier alpha value is -2.01. The van der Waals surface area contributed by atoms with Crippen LogP contribution in [-0.4, -0.2) is 35.8 Å². The number of carbonyl (C=O) groups excluding carboxylic acids is 2. The van der Waals surface area contributed by atoms with Crippen LogP contribution in [0.4, 0.5) is 0 Å². The Balaban J connectivity index is 1.83. The summed E-state index contributed by atoms with van der Waals surface area (Å²) in [5.41, 5.74) is 2.37. The number of likely N-dealkylation sites (tertiary alicyclic amines) is 1. The Morgan fingerprint density at radius 1 is 1.31 bits per heavy atom. The summed E-state index contributed by atoms with van der Waals surface area (Å²) < 4.78 is 5.86. The first-order valence-electron chi connectivity index (χ1n) is 9.06. The summed E-state index contributed by atoms with van der Waals surface area (Å²) in [5, 5.41) is 4.45. The number of amides is 2. The van der Waals surface area contributed by atoms with E-state index in [-0.39, 0.29) is 23.8 Å². The van der Waals surface area contributed by atoms with Gasteiger partial charge in [-0.3, -0.25) is 9.59 Å². The van der Waals surface area contributed by atoms with Crippen molar-refractivity contribution in [3.05, 3.63) is 34.0 Å². The first-order valence-corrected chi connectivity index (χ1v) is 9.44. The molecule has 2 amide bonds. The Morgan fingerprint density at radius 3 is 2.73 bits per heavy atom. The van der Waals surface area contributed by atoms with Gasteiger partial charge in [0.05, 0.1) is 5.92 Å². The van der Waals surface area contributed by atoms with Gasteiger partial charge in [-0.15, -0.1) is 0 Å². The summed E-state index contributed by atoms with van der Waals surface area (Å²) >= 11 is 6.21. The quantitative estimate of drug-likeness (QED) is 0.877. The zero-order chi connectivity index (χ0) is 19.0. The van der Waals surface area contributed by atoms with Crippen molar-refractivity contribution in [3.8, 4) is 0 Å². The van der Waals surface area contributed by atoms with Crippen molar-refractivity contribution in [1.29, 1.82) is 0 Å². The number of benzene rings is 1. The molecule has 0 aliphatic carbocycles. The molecule has 5 nitrogen and oxygen atoms in total. The highest BCUT2D eigenvalue weighted by molar-refractivity contribution is 6.32. The third-order valence-corrected chi connectivity index (χ3v) is 5.33. The number of halogens is 1. The Morgan fingerprint density at radius 2 is 2.04 bits per heavy atom. The molecule has 140 valence electrons. The predicted molar refractivity (Wildman–Crippen MR) is 103 cm³/mol. The SMILES string of the molecule is Cc1cc2oc(C(=O)N3CCCC(C(=O)NC(C)C)C3)c(C)c2cc1Cl. The van der Waals surface area contributed by atoms with Gasteiger partial charge in [0.15, 0.2) is 5.76 Å². The van der Waals surface area contributed by atoms with Crippen molar-refractivity contribution in [2.24, 2.45) is 5.92 Å². The largest absolute Gasteiger partial charge is 0.451 e. The second-order valence-corrected chi connectivity index (χ2v) is 7.81. The molecule has 1 aromatic carbocycles. The van der Waals surface area contributed by atoms with Crippen molar-refractivity contribution in [1.82, 2.24) is 10.2 Å². The molecule has 1 N–H and O–H groups in total. The highest BCUT2D eigenvalue weighted by Gasteiger charge is 2.31. The van der Waals surface area contributed by atoms with Crippen LogP contribution in [0.15, 0.2) is 16.5 Å². The van der Waals surface area contributed by atoms with E-state index in [0.29, 0.717) is 29.5 Å². The number of piperidine rings is 1. The number of hydrogen-bond donors (Lipinski definition) is 1. The van der Waals surface area contributed by atoms with Crippen LogP contribution in [0, 0.1) is 19.8 Å². The van der Waals surface area contributed by atoms with Gasteiger partial charge in [0.25, 0.3) is 5.91 Å². The molecule has 0 radical (unpaired) electrons. The van der Waals surface area contributed by atoms with E-state index >= 15 is 0 Å². The second kappa shape index (κ2) is 7.31. The van der Waals surface area contributed by atoms with E-state index < -0.39 is 0 Å². The lowest BCUT2D eigenvalue weighted by Gasteiger charge is -2.32. The van der Waals surface area contributed by atoms with Gasteiger partial charge in [-0.1, -0.05) is 11.6 Å². The highest BCUT2D eigenvalue weighted by Crippen LogP contribution is 2.31. The van der Waals surface area contributed by atoms with Crippen LogP contribution in [0.3, 0.4) is 0 Å². The van der Waals surface area contributed by atoms with E-state index in [4.69, 9.17) is 16.0 Å². The van der Waals surface area contributed by atoms with Crippen LogP contribution in [0.1, 0.15) is 48.4 Å². The number of aryl methyl sites for hydroxylation is 2. The number of nitrogens with zero attached hydrogens (tertiary/aromatic N) is 1. The molecule has 1 aliphatic rings. The lowest BCUT2D eigenvalue weighted by atomic mass is 9.96. The van der Waals surface area contributed by atoms with Gasteiger partial charge >= 0.3 is 0 Å². The summed E-state index contributed by atoms with van der Waals surface area (Å²) in [7, 11) is 0. The molecule has 6 heteroatoms. The number of carbonyl (C=O) groups is 2.